The van der Waals surface area contributed by atoms with Crippen molar-refractivity contribution in [2.75, 3.05) is 23.9 Å². The van der Waals surface area contributed by atoms with Gasteiger partial charge in [-0.05, 0) is 18.8 Å². The lowest BCUT2D eigenvalue weighted by Gasteiger charge is -2.16. The summed E-state index contributed by atoms with van der Waals surface area (Å²) in [5, 5.41) is 2.84. The van der Waals surface area contributed by atoms with E-state index in [4.69, 9.17) is 11.6 Å². The molecule has 2 unspecified atom stereocenters. The maximum atomic E-state index is 11.7. The number of nitrogens with one attached hydrogen (secondary N) is 1. The van der Waals surface area contributed by atoms with Crippen LogP contribution in [0.25, 0.3) is 0 Å². The van der Waals surface area contributed by atoms with Crippen molar-refractivity contribution >= 4 is 27.3 Å². The Morgan fingerprint density at radius 2 is 2.24 bits per heavy atom. The fourth-order valence-electron chi connectivity index (χ4n) is 2.00. The average molecular weight is 282 g/mol. The molecule has 0 spiro atoms. The van der Waals surface area contributed by atoms with Gasteiger partial charge < -0.3 is 5.32 Å². The summed E-state index contributed by atoms with van der Waals surface area (Å²) in [5.41, 5.74) is 0. The third-order valence-corrected chi connectivity index (χ3v) is 5.25. The van der Waals surface area contributed by atoms with E-state index < -0.39 is 9.84 Å². The van der Waals surface area contributed by atoms with E-state index in [2.05, 4.69) is 12.2 Å². The molecule has 0 radical (unpaired) electrons. The first-order valence-electron chi connectivity index (χ1n) is 6.02. The fourth-order valence-corrected chi connectivity index (χ4v) is 4.05. The number of hydrogen-bond donors (Lipinski definition) is 1. The highest BCUT2D eigenvalue weighted by Crippen LogP contribution is 2.18. The fraction of sp³-hybridized carbons (Fsp3) is 0.909. The zero-order valence-electron chi connectivity index (χ0n) is 10.1. The van der Waals surface area contributed by atoms with Crippen LogP contribution in [0.3, 0.4) is 0 Å². The van der Waals surface area contributed by atoms with Gasteiger partial charge >= 0.3 is 0 Å². The van der Waals surface area contributed by atoms with Crippen molar-refractivity contribution in [1.29, 1.82) is 0 Å². The molecule has 0 aromatic heterocycles. The molecule has 1 N–H and O–H groups in total. The summed E-state index contributed by atoms with van der Waals surface area (Å²) in [6.07, 6.45) is 2.30. The molecule has 1 aliphatic rings. The number of alkyl halides is 1. The largest absolute Gasteiger partial charge is 0.356 e. The van der Waals surface area contributed by atoms with Gasteiger partial charge in [-0.3, -0.25) is 4.79 Å². The summed E-state index contributed by atoms with van der Waals surface area (Å²) in [6.45, 7) is 2.65. The van der Waals surface area contributed by atoms with E-state index in [1.54, 1.807) is 0 Å². The maximum absolute atomic E-state index is 11.7. The Morgan fingerprint density at radius 1 is 1.53 bits per heavy atom. The topological polar surface area (TPSA) is 63.2 Å². The standard InChI is InChI=1S/C11H20ClNO3S/c1-2-9(3-5-12)7-13-11(14)10-4-6-17(15,16)8-10/h9-10H,2-8H2,1H3,(H,13,14). The van der Waals surface area contributed by atoms with E-state index in [-0.39, 0.29) is 23.3 Å². The first-order chi connectivity index (χ1) is 7.98. The summed E-state index contributed by atoms with van der Waals surface area (Å²) in [4.78, 5) is 11.7. The van der Waals surface area contributed by atoms with Crippen LogP contribution in [-0.4, -0.2) is 38.3 Å². The summed E-state index contributed by atoms with van der Waals surface area (Å²) in [5.74, 6) is 0.642. The van der Waals surface area contributed by atoms with Gasteiger partial charge in [0, 0.05) is 12.4 Å². The number of carbonyl (C=O) groups is 1. The van der Waals surface area contributed by atoms with Crippen molar-refractivity contribution in [3.05, 3.63) is 0 Å². The van der Waals surface area contributed by atoms with E-state index in [9.17, 15) is 13.2 Å². The summed E-state index contributed by atoms with van der Waals surface area (Å²) >= 11 is 5.66. The monoisotopic (exact) mass is 281 g/mol. The Labute approximate surface area is 108 Å². The minimum absolute atomic E-state index is 0.00509. The maximum Gasteiger partial charge on any atom is 0.224 e. The normalized spacial score (nSPS) is 24.5. The molecule has 0 bridgehead atoms. The lowest BCUT2D eigenvalue weighted by Crippen LogP contribution is -2.35. The summed E-state index contributed by atoms with van der Waals surface area (Å²) in [6, 6.07) is 0. The van der Waals surface area contributed by atoms with Crippen molar-refractivity contribution < 1.29 is 13.2 Å². The molecular formula is C11H20ClNO3S. The van der Waals surface area contributed by atoms with Crippen molar-refractivity contribution in [2.24, 2.45) is 11.8 Å². The first-order valence-corrected chi connectivity index (χ1v) is 8.38. The Hall–Kier alpha value is -0.290. The van der Waals surface area contributed by atoms with Crippen LogP contribution in [0, 0.1) is 11.8 Å². The Balaban J connectivity index is 2.35. The molecule has 0 aromatic rings. The highest BCUT2D eigenvalue weighted by Gasteiger charge is 2.32. The van der Waals surface area contributed by atoms with Crippen LogP contribution in [0.5, 0.6) is 0 Å². The van der Waals surface area contributed by atoms with Gasteiger partial charge in [-0.2, -0.15) is 0 Å². The smallest absolute Gasteiger partial charge is 0.224 e. The Kier molecular flexibility index (Phi) is 5.73. The van der Waals surface area contributed by atoms with Gasteiger partial charge in [-0.1, -0.05) is 13.3 Å². The van der Waals surface area contributed by atoms with Gasteiger partial charge in [0.2, 0.25) is 5.91 Å². The van der Waals surface area contributed by atoms with Crippen LogP contribution < -0.4 is 5.32 Å². The highest BCUT2D eigenvalue weighted by atomic mass is 35.5. The number of carbonyl (C=O) groups excluding carboxylic acids is 1. The van der Waals surface area contributed by atoms with Crippen molar-refractivity contribution in [3.63, 3.8) is 0 Å². The van der Waals surface area contributed by atoms with Crippen LogP contribution in [0.1, 0.15) is 26.2 Å². The second-order valence-electron chi connectivity index (χ2n) is 4.60. The number of rotatable bonds is 6. The molecule has 1 aliphatic heterocycles. The first kappa shape index (κ1) is 14.8. The minimum atomic E-state index is -2.98. The van der Waals surface area contributed by atoms with Gasteiger partial charge in [-0.15, -0.1) is 11.6 Å². The number of hydrogen-bond acceptors (Lipinski definition) is 3. The molecule has 1 rings (SSSR count). The lowest BCUT2D eigenvalue weighted by molar-refractivity contribution is -0.124. The van der Waals surface area contributed by atoms with Crippen LogP contribution in [0.2, 0.25) is 0 Å². The molecule has 1 saturated heterocycles. The van der Waals surface area contributed by atoms with Gasteiger partial charge in [-0.25, -0.2) is 8.42 Å². The molecule has 1 amide bonds. The van der Waals surface area contributed by atoms with Gasteiger partial charge in [0.15, 0.2) is 9.84 Å². The van der Waals surface area contributed by atoms with Gasteiger partial charge in [0.25, 0.3) is 0 Å². The van der Waals surface area contributed by atoms with Crippen molar-refractivity contribution in [1.82, 2.24) is 5.32 Å². The summed E-state index contributed by atoms with van der Waals surface area (Å²) < 4.78 is 22.5. The van der Waals surface area contributed by atoms with E-state index in [0.29, 0.717) is 24.8 Å². The zero-order valence-corrected chi connectivity index (χ0v) is 11.7. The molecule has 6 heteroatoms. The Morgan fingerprint density at radius 3 is 2.71 bits per heavy atom. The van der Waals surface area contributed by atoms with Crippen LogP contribution >= 0.6 is 11.6 Å². The molecule has 0 aliphatic carbocycles. The van der Waals surface area contributed by atoms with Crippen LogP contribution in [0.15, 0.2) is 0 Å². The second-order valence-corrected chi connectivity index (χ2v) is 7.20. The predicted octanol–water partition coefficient (Wildman–Crippen LogP) is 1.19. The molecule has 17 heavy (non-hydrogen) atoms. The van der Waals surface area contributed by atoms with Crippen molar-refractivity contribution in [3.8, 4) is 0 Å². The second kappa shape index (κ2) is 6.59. The van der Waals surface area contributed by atoms with E-state index in [1.165, 1.54) is 0 Å². The molecule has 2 atom stereocenters. The number of sulfone groups is 1. The highest BCUT2D eigenvalue weighted by molar-refractivity contribution is 7.91. The molecule has 4 nitrogen and oxygen atoms in total. The Bertz CT molecular complexity index is 356. The van der Waals surface area contributed by atoms with E-state index >= 15 is 0 Å². The van der Waals surface area contributed by atoms with Crippen LogP contribution in [0.4, 0.5) is 0 Å². The predicted molar refractivity (Wildman–Crippen MR) is 68.9 cm³/mol. The molecule has 1 heterocycles. The molecule has 1 fully saturated rings. The zero-order chi connectivity index (χ0) is 12.9. The minimum Gasteiger partial charge on any atom is -0.356 e. The summed E-state index contributed by atoms with van der Waals surface area (Å²) in [7, 11) is -2.98. The quantitative estimate of drug-likeness (QED) is 0.744. The average Bonchev–Trinajstić information content (AvgIpc) is 2.64. The van der Waals surface area contributed by atoms with Crippen molar-refractivity contribution in [2.45, 2.75) is 26.2 Å². The van der Waals surface area contributed by atoms with Gasteiger partial charge in [0.05, 0.1) is 17.4 Å². The van der Waals surface area contributed by atoms with E-state index in [0.717, 1.165) is 12.8 Å². The number of halogens is 1. The number of amides is 1. The lowest BCUT2D eigenvalue weighted by atomic mass is 10.0. The van der Waals surface area contributed by atoms with Gasteiger partial charge in [0.1, 0.15) is 0 Å². The molecule has 0 aromatic carbocycles. The molecule has 100 valence electrons. The SMILES string of the molecule is CCC(CCCl)CNC(=O)C1CCS(=O)(=O)C1. The van der Waals surface area contributed by atoms with Crippen LogP contribution in [-0.2, 0) is 14.6 Å². The third-order valence-electron chi connectivity index (χ3n) is 3.26. The van der Waals surface area contributed by atoms with E-state index in [1.807, 2.05) is 0 Å². The third kappa shape index (κ3) is 4.84. The molecule has 0 saturated carbocycles. The molecular weight excluding hydrogens is 262 g/mol.